The molecule has 0 saturated carbocycles. The van der Waals surface area contributed by atoms with Crippen molar-refractivity contribution in [2.75, 3.05) is 13.2 Å². The summed E-state index contributed by atoms with van der Waals surface area (Å²) in [5.74, 6) is 1.05. The number of benzene rings is 1. The van der Waals surface area contributed by atoms with Gasteiger partial charge in [0.05, 0.1) is 12.7 Å². The molecule has 0 aliphatic carbocycles. The molecule has 0 unspecified atom stereocenters. The number of fused-ring (bicyclic) bond motifs is 1. The average molecular weight is 455 g/mol. The molecule has 1 aromatic carbocycles. The van der Waals surface area contributed by atoms with Crippen LogP contribution in [0.5, 0.6) is 17.2 Å². The number of ether oxygens (including phenoxy) is 3. The highest BCUT2D eigenvalue weighted by molar-refractivity contribution is 5.91. The van der Waals surface area contributed by atoms with Crippen LogP contribution in [0.15, 0.2) is 62.9 Å². The van der Waals surface area contributed by atoms with Crippen molar-refractivity contribution in [3.05, 3.63) is 64.1 Å². The third kappa shape index (κ3) is 8.49. The van der Waals surface area contributed by atoms with Gasteiger partial charge in [-0.2, -0.15) is 0 Å². The molecule has 0 aliphatic heterocycles. The third-order valence-corrected chi connectivity index (χ3v) is 4.86. The minimum Gasteiger partial charge on any atom is -0.492 e. The van der Waals surface area contributed by atoms with Gasteiger partial charge < -0.3 is 18.6 Å². The van der Waals surface area contributed by atoms with E-state index in [1.54, 1.807) is 6.07 Å². The summed E-state index contributed by atoms with van der Waals surface area (Å²) in [5, 5.41) is 0.614. The first-order chi connectivity index (χ1) is 15.8. The zero-order valence-corrected chi connectivity index (χ0v) is 20.9. The maximum atomic E-state index is 12.7. The van der Waals surface area contributed by atoms with Gasteiger partial charge in [0.1, 0.15) is 23.3 Å². The Hall–Kier alpha value is -2.95. The van der Waals surface area contributed by atoms with Gasteiger partial charge in [0, 0.05) is 0 Å². The second-order valence-electron chi connectivity index (χ2n) is 8.54. The molecule has 2 rings (SSSR count). The Morgan fingerprint density at radius 1 is 1.03 bits per heavy atom. The minimum absolute atomic E-state index is 0.0787. The van der Waals surface area contributed by atoms with E-state index in [1.807, 2.05) is 32.1 Å². The van der Waals surface area contributed by atoms with Crippen molar-refractivity contribution in [2.45, 2.75) is 73.3 Å². The maximum Gasteiger partial charge on any atom is 0.383 e. The fraction of sp³-hybridized carbons (Fsp3) is 0.464. The molecule has 0 aliphatic rings. The van der Waals surface area contributed by atoms with E-state index in [2.05, 4.69) is 45.9 Å². The van der Waals surface area contributed by atoms with Crippen molar-refractivity contribution in [3.63, 3.8) is 0 Å². The first-order valence-corrected chi connectivity index (χ1v) is 11.8. The molecule has 1 heterocycles. The molecule has 0 amide bonds. The second-order valence-corrected chi connectivity index (χ2v) is 8.54. The van der Waals surface area contributed by atoms with Crippen molar-refractivity contribution >= 4 is 11.0 Å². The lowest BCUT2D eigenvalue weighted by molar-refractivity contribution is 0.216. The highest BCUT2D eigenvalue weighted by Crippen LogP contribution is 2.39. The van der Waals surface area contributed by atoms with Gasteiger partial charge in [0.25, 0.3) is 0 Å². The van der Waals surface area contributed by atoms with Gasteiger partial charge >= 0.3 is 5.63 Å². The fourth-order valence-corrected chi connectivity index (χ4v) is 3.25. The Kier molecular flexibility index (Phi) is 10.8. The molecule has 0 fully saturated rings. The average Bonchev–Trinajstić information content (AvgIpc) is 2.75. The van der Waals surface area contributed by atoms with Crippen LogP contribution >= 0.6 is 0 Å². The SMILES string of the molecule is CCC=CCCOc1cccc2oc(=O)c(OC(C)C)c(OCC=C(C)CCC=C(C)C)c12. The van der Waals surface area contributed by atoms with Crippen molar-refractivity contribution in [1.29, 1.82) is 0 Å². The maximum absolute atomic E-state index is 12.7. The molecular formula is C28H38O5. The topological polar surface area (TPSA) is 57.9 Å². The molecule has 0 saturated heterocycles. The Balaban J connectivity index is 2.37. The molecule has 0 spiro atoms. The third-order valence-electron chi connectivity index (χ3n) is 4.86. The standard InChI is InChI=1S/C28H38O5/c1-7-8-9-10-18-30-23-15-12-16-24-25(23)26(27(28(29)33-24)32-21(4)5)31-19-17-22(6)14-11-13-20(2)3/h8-9,12-13,15-17,21H,7,10-11,14,18-19H2,1-6H3. The highest BCUT2D eigenvalue weighted by atomic mass is 16.5. The Morgan fingerprint density at radius 2 is 1.82 bits per heavy atom. The predicted octanol–water partition coefficient (Wildman–Crippen LogP) is 7.39. The van der Waals surface area contributed by atoms with Crippen LogP contribution in [0.25, 0.3) is 11.0 Å². The second kappa shape index (κ2) is 13.6. The molecule has 1 aromatic heterocycles. The summed E-state index contributed by atoms with van der Waals surface area (Å²) in [6.07, 6.45) is 12.0. The largest absolute Gasteiger partial charge is 0.492 e. The molecule has 0 atom stereocenters. The quantitative estimate of drug-likeness (QED) is 0.179. The van der Waals surface area contributed by atoms with Crippen molar-refractivity contribution in [1.82, 2.24) is 0 Å². The molecule has 5 nitrogen and oxygen atoms in total. The minimum atomic E-state index is -0.557. The van der Waals surface area contributed by atoms with Crippen molar-refractivity contribution < 1.29 is 18.6 Å². The number of allylic oxidation sites excluding steroid dienone is 4. The van der Waals surface area contributed by atoms with E-state index in [9.17, 15) is 4.79 Å². The van der Waals surface area contributed by atoms with Crippen LogP contribution in [0, 0.1) is 0 Å². The van der Waals surface area contributed by atoms with Crippen LogP contribution in [0.4, 0.5) is 0 Å². The van der Waals surface area contributed by atoms with Gasteiger partial charge in [0.15, 0.2) is 5.75 Å². The molecule has 180 valence electrons. The normalized spacial score (nSPS) is 11.9. The van der Waals surface area contributed by atoms with Gasteiger partial charge in [0.2, 0.25) is 5.75 Å². The van der Waals surface area contributed by atoms with Crippen LogP contribution in [0.3, 0.4) is 0 Å². The number of hydrogen-bond acceptors (Lipinski definition) is 5. The summed E-state index contributed by atoms with van der Waals surface area (Å²) >= 11 is 0. The van der Waals surface area contributed by atoms with Gasteiger partial charge in [-0.15, -0.1) is 0 Å². The van der Waals surface area contributed by atoms with Crippen LogP contribution in [0.2, 0.25) is 0 Å². The summed E-state index contributed by atoms with van der Waals surface area (Å²) in [4.78, 5) is 12.7. The summed E-state index contributed by atoms with van der Waals surface area (Å²) in [5.41, 5.74) is 2.40. The van der Waals surface area contributed by atoms with Crippen LogP contribution in [-0.4, -0.2) is 19.3 Å². The first-order valence-electron chi connectivity index (χ1n) is 11.8. The molecule has 0 N–H and O–H groups in total. The monoisotopic (exact) mass is 454 g/mol. The Morgan fingerprint density at radius 3 is 2.52 bits per heavy atom. The van der Waals surface area contributed by atoms with Crippen LogP contribution < -0.4 is 19.8 Å². The van der Waals surface area contributed by atoms with Gasteiger partial charge in [-0.25, -0.2) is 4.79 Å². The number of hydrogen-bond donors (Lipinski definition) is 0. The molecule has 2 aromatic rings. The van der Waals surface area contributed by atoms with E-state index < -0.39 is 5.63 Å². The fourth-order valence-electron chi connectivity index (χ4n) is 3.25. The molecule has 0 bridgehead atoms. The molecule has 5 heteroatoms. The van der Waals surface area contributed by atoms with E-state index >= 15 is 0 Å². The van der Waals surface area contributed by atoms with E-state index in [4.69, 9.17) is 18.6 Å². The summed E-state index contributed by atoms with van der Waals surface area (Å²) < 4.78 is 23.5. The van der Waals surface area contributed by atoms with Crippen molar-refractivity contribution in [2.24, 2.45) is 0 Å². The lowest BCUT2D eigenvalue weighted by Gasteiger charge is -2.17. The van der Waals surface area contributed by atoms with E-state index in [-0.39, 0.29) is 11.9 Å². The van der Waals surface area contributed by atoms with E-state index in [0.29, 0.717) is 35.7 Å². The van der Waals surface area contributed by atoms with Crippen LogP contribution in [0.1, 0.15) is 67.2 Å². The first kappa shape index (κ1) is 26.3. The van der Waals surface area contributed by atoms with E-state index in [0.717, 1.165) is 25.7 Å². The smallest absolute Gasteiger partial charge is 0.383 e. The lowest BCUT2D eigenvalue weighted by Crippen LogP contribution is -2.15. The molecular weight excluding hydrogens is 416 g/mol. The van der Waals surface area contributed by atoms with Gasteiger partial charge in [-0.05, 0) is 78.5 Å². The predicted molar refractivity (Wildman–Crippen MR) is 136 cm³/mol. The Labute approximate surface area is 197 Å². The zero-order chi connectivity index (χ0) is 24.2. The highest BCUT2D eigenvalue weighted by Gasteiger charge is 2.22. The summed E-state index contributed by atoms with van der Waals surface area (Å²) in [7, 11) is 0. The number of rotatable bonds is 13. The zero-order valence-electron chi connectivity index (χ0n) is 20.9. The van der Waals surface area contributed by atoms with Crippen molar-refractivity contribution in [3.8, 4) is 17.2 Å². The van der Waals surface area contributed by atoms with Gasteiger partial charge in [-0.3, -0.25) is 0 Å². The molecule has 33 heavy (non-hydrogen) atoms. The van der Waals surface area contributed by atoms with Crippen LogP contribution in [-0.2, 0) is 0 Å². The van der Waals surface area contributed by atoms with Gasteiger partial charge in [-0.1, -0.05) is 42.4 Å². The lowest BCUT2D eigenvalue weighted by atomic mass is 10.1. The summed E-state index contributed by atoms with van der Waals surface area (Å²) in [6.45, 7) is 12.9. The molecule has 0 radical (unpaired) electrons. The van der Waals surface area contributed by atoms with E-state index in [1.165, 1.54) is 11.1 Å². The summed E-state index contributed by atoms with van der Waals surface area (Å²) in [6, 6.07) is 5.41. The Bertz CT molecular complexity index is 1040.